The first-order valence-electron chi connectivity index (χ1n) is 48.7. The third-order valence-corrected chi connectivity index (χ3v) is 91.1. The van der Waals surface area contributed by atoms with E-state index in [1.807, 2.05) is 0 Å². The van der Waals surface area contributed by atoms with Crippen LogP contribution in [0.2, 0.25) is 350 Å². The zero-order valence-corrected chi connectivity index (χ0v) is 115. The first-order chi connectivity index (χ1) is 58.1. The molecule has 0 saturated heterocycles. The van der Waals surface area contributed by atoms with Gasteiger partial charge < -0.3 is 121 Å². The van der Waals surface area contributed by atoms with Gasteiger partial charge in [0.2, 0.25) is 0 Å². The molecule has 0 aliphatic rings. The molecule has 27 nitrogen and oxygen atoms in total. The molecule has 6 N–H and O–H groups in total. The molecule has 0 fully saturated rings. The van der Waals surface area contributed by atoms with Gasteiger partial charge in [-0.3, -0.25) is 0 Å². The minimum atomic E-state index is -2.73. The average Bonchev–Trinajstić information content (AvgIpc) is 0.805. The van der Waals surface area contributed by atoms with Crippen molar-refractivity contribution in [2.75, 3.05) is 119 Å². The van der Waals surface area contributed by atoms with Crippen LogP contribution in [0.5, 0.6) is 0 Å². The highest BCUT2D eigenvalue weighted by molar-refractivity contribution is 6.94. The normalized spacial score (nSPS) is 16.2. The fraction of sp³-hybridized carbons (Fsp3) is 1.00. The van der Waals surface area contributed by atoms with Crippen molar-refractivity contribution >= 4 is 177 Å². The number of hydrogen-bond donors (Lipinski definition) is 6. The Labute approximate surface area is 842 Å². The number of aliphatic hydroxyl groups excluding tert-OH is 6. The fourth-order valence-electron chi connectivity index (χ4n) is 16.4. The summed E-state index contributed by atoms with van der Waals surface area (Å²) >= 11 is 0. The molecule has 0 radical (unpaired) electrons. The van der Waals surface area contributed by atoms with Crippen molar-refractivity contribution < 1.29 is 121 Å². The molecule has 808 valence electrons. The lowest BCUT2D eigenvalue weighted by Crippen LogP contribution is -2.59. The monoisotopic (exact) mass is 2260 g/mol. The highest BCUT2D eigenvalue weighted by atomic mass is 28.5. The minimum absolute atomic E-state index is 0. The van der Waals surface area contributed by atoms with Crippen molar-refractivity contribution in [2.24, 2.45) is 16.2 Å². The van der Waals surface area contributed by atoms with Gasteiger partial charge in [0, 0.05) is 50.7 Å². The van der Waals surface area contributed by atoms with E-state index < -0.39 is 193 Å². The van der Waals surface area contributed by atoms with Gasteiger partial charge in [-0.25, -0.2) is 0 Å². The number of hydrogen-bond acceptors (Lipinski definition) is 27. The van der Waals surface area contributed by atoms with E-state index in [1.165, 1.54) is 0 Å². The maximum atomic E-state index is 10.4. The van der Waals surface area contributed by atoms with Crippen LogP contribution in [-0.2, 0) is 90.1 Å². The smallest absolute Gasteiger partial charge is 0.318 e. The van der Waals surface area contributed by atoms with E-state index in [1.54, 1.807) is 0 Å². The Bertz CT molecular complexity index is 3000. The van der Waals surface area contributed by atoms with E-state index in [4.69, 9.17) is 90.1 Å². The summed E-state index contributed by atoms with van der Waals surface area (Å²) in [5.41, 5.74) is -2.23. The van der Waals surface area contributed by atoms with Gasteiger partial charge in [0.05, 0.1) is 95.5 Å². The van der Waals surface area contributed by atoms with Crippen molar-refractivity contribution in [3.8, 4) is 0 Å². The van der Waals surface area contributed by atoms with Gasteiger partial charge in [-0.1, -0.05) is 28.7 Å². The predicted octanol–water partition coefficient (Wildman–Crippen LogP) is 23.2. The van der Waals surface area contributed by atoms with Crippen molar-refractivity contribution in [2.45, 2.75) is 417 Å². The Balaban J connectivity index is -0.000000630. The summed E-state index contributed by atoms with van der Waals surface area (Å²) < 4.78 is 136. The van der Waals surface area contributed by atoms with E-state index in [0.29, 0.717) is 59.3 Å². The zero-order valence-electron chi connectivity index (χ0n) is 94.2. The maximum Gasteiger partial charge on any atom is 0.318 e. The predicted molar refractivity (Wildman–Crippen MR) is 613 cm³/mol. The first kappa shape index (κ1) is 145. The maximum absolute atomic E-state index is 10.4. The van der Waals surface area contributed by atoms with Crippen LogP contribution in [0, 0.1) is 16.2 Å². The molecule has 0 heterocycles. The summed E-state index contributed by atoms with van der Waals surface area (Å²) in [6.45, 7) is 113. The standard InChI is InChI=1S/C32H84O11Si9.C30H78O10Si8.C21H52O6Si4.2CH4/c1-31(52(21,40-47(11,12)13)43-50(18,19)39-46(8,9)10)23-25-36-30-32(27-33,28-34)29-35-24-22-26-51(20,41-48(14,15)37-44(2,3)4)42-49(16,17)38-45(5,6)7;1-29(48(19,38-44(11,12)13)40-46(16,17)36-42(5,6)7)21-23-34-28-30(25-31,26-32)27-33-22-20-24-47(18,37-43(8,9)10)39-45(14,15)35-41(2,3)4;1-28(2,3)26-30(7,8)15-11-13-24-19-21(17-22,18-23)20-25-14-12-16-31(9,10)27-29(4,5)6;;/h31,33-34H,22-30H2,1-21H3;29,31-32H,20-28H2,1-19H3;22-23H,11-20H2,1-10H3;2*1H4. The van der Waals surface area contributed by atoms with Crippen LogP contribution in [0.25, 0.3) is 0 Å². The minimum Gasteiger partial charge on any atom is -0.456 e. The van der Waals surface area contributed by atoms with Crippen molar-refractivity contribution in [3.05, 3.63) is 0 Å². The quantitative estimate of drug-likeness (QED) is 0.0243. The molecular weight excluding hydrogens is 2040 g/mol. The third kappa shape index (κ3) is 74.9. The lowest BCUT2D eigenvalue weighted by atomic mass is 9.92. The van der Waals surface area contributed by atoms with Crippen LogP contribution in [0.15, 0.2) is 0 Å². The molecule has 5 atom stereocenters. The second-order valence-electron chi connectivity index (χ2n) is 51.0. The summed E-state index contributed by atoms with van der Waals surface area (Å²) in [5.74, 6) is 0. The lowest BCUT2D eigenvalue weighted by molar-refractivity contribution is -0.0775. The van der Waals surface area contributed by atoms with Crippen LogP contribution in [0.4, 0.5) is 0 Å². The molecule has 0 aliphatic heterocycles. The number of ether oxygens (including phenoxy) is 6. The summed E-state index contributed by atoms with van der Waals surface area (Å²) in [7, 11) is -43.7. The fourth-order valence-corrected chi connectivity index (χ4v) is 110. The van der Waals surface area contributed by atoms with E-state index in [9.17, 15) is 30.6 Å². The second-order valence-corrected chi connectivity index (χ2v) is 139. The summed E-state index contributed by atoms with van der Waals surface area (Å²) in [5, 5.41) is 61.1. The summed E-state index contributed by atoms with van der Waals surface area (Å²) in [6.07, 6.45) is 4.84. The molecule has 0 aromatic carbocycles. The molecule has 0 aromatic rings. The van der Waals surface area contributed by atoms with Gasteiger partial charge >= 0.3 is 77.0 Å². The third-order valence-electron chi connectivity index (χ3n) is 19.4. The van der Waals surface area contributed by atoms with Gasteiger partial charge in [-0.2, -0.15) is 0 Å². The number of aliphatic hydroxyl groups is 6. The molecule has 133 heavy (non-hydrogen) atoms. The number of rotatable bonds is 72. The van der Waals surface area contributed by atoms with Crippen LogP contribution < -0.4 is 0 Å². The van der Waals surface area contributed by atoms with E-state index in [0.717, 1.165) is 56.3 Å². The van der Waals surface area contributed by atoms with Crippen molar-refractivity contribution in [1.82, 2.24) is 0 Å². The highest BCUT2D eigenvalue weighted by Gasteiger charge is 2.53. The topological polar surface area (TPSA) is 315 Å². The lowest BCUT2D eigenvalue weighted by Gasteiger charge is -2.44. The molecule has 0 aromatic heterocycles. The Morgan fingerprint density at radius 2 is 0.361 bits per heavy atom. The Hall–Kier alpha value is 3.47. The van der Waals surface area contributed by atoms with Gasteiger partial charge in [0.15, 0.2) is 99.8 Å². The second kappa shape index (κ2) is 59.8. The summed E-state index contributed by atoms with van der Waals surface area (Å²) in [4.78, 5) is 0. The van der Waals surface area contributed by atoms with E-state index >= 15 is 0 Å². The largest absolute Gasteiger partial charge is 0.456 e. The van der Waals surface area contributed by atoms with Gasteiger partial charge in [0.1, 0.15) is 0 Å². The summed E-state index contributed by atoms with van der Waals surface area (Å²) in [6, 6.07) is 3.61. The Kier molecular flexibility index (Phi) is 65.1. The van der Waals surface area contributed by atoms with Gasteiger partial charge in [-0.15, -0.1) is 0 Å². The molecule has 0 amide bonds. The van der Waals surface area contributed by atoms with Crippen molar-refractivity contribution in [1.29, 1.82) is 0 Å². The van der Waals surface area contributed by atoms with E-state index in [-0.39, 0.29) is 92.0 Å². The molecule has 0 saturated carbocycles. The highest BCUT2D eigenvalue weighted by Crippen LogP contribution is 2.39. The van der Waals surface area contributed by atoms with Gasteiger partial charge in [-0.05, 0) is 377 Å². The molecule has 0 spiro atoms. The average molecular weight is 2270 g/mol. The molecule has 5 unspecified atom stereocenters. The molecule has 48 heteroatoms. The molecular formula is C85H222O27Si21. The van der Waals surface area contributed by atoms with Crippen LogP contribution >= 0.6 is 0 Å². The molecule has 0 bridgehead atoms. The Morgan fingerprint density at radius 1 is 0.195 bits per heavy atom. The Morgan fingerprint density at radius 3 is 0.541 bits per heavy atom. The zero-order chi connectivity index (χ0) is 104. The van der Waals surface area contributed by atoms with E-state index in [2.05, 4.69) is 328 Å². The molecule has 0 aliphatic carbocycles. The van der Waals surface area contributed by atoms with Crippen LogP contribution in [0.3, 0.4) is 0 Å². The van der Waals surface area contributed by atoms with Crippen LogP contribution in [0.1, 0.15) is 67.2 Å². The SMILES string of the molecule is C.C.CC(CCOCC(CO)(CO)COCCC[Si](C)(O[Si](C)(C)C)O[Si](C)(C)O[Si](C)(C)C)[Si](C)(O[Si](C)(C)C)O[Si](C)(C)O[Si](C)(C)C.CC(CCOCC(CO)(CO)COCCC[Si](C)(O[Si](C)(C)O[Si](C)(C)C)O[Si](C)(C)O[Si](C)(C)C)[Si](C)(O[Si](C)(C)C)O[Si](C)(C)O[Si](C)(C)C.C[Si](C)(C)O[Si](C)(C)CCCOCC(CO)(CO)COCCC[Si](C)(C)O[Si](C)(C)C. The van der Waals surface area contributed by atoms with Crippen LogP contribution in [-0.4, -0.2) is 326 Å². The molecule has 0 rings (SSSR count). The van der Waals surface area contributed by atoms with Crippen molar-refractivity contribution in [3.63, 3.8) is 0 Å². The first-order valence-corrected chi connectivity index (χ1v) is 113. The van der Waals surface area contributed by atoms with Gasteiger partial charge in [0.25, 0.3) is 0 Å².